The second-order valence-corrected chi connectivity index (χ2v) is 5.59. The van der Waals surface area contributed by atoms with Crippen LogP contribution in [0.1, 0.15) is 5.82 Å². The second-order valence-electron chi connectivity index (χ2n) is 3.93. The molecular weight excluding hydrogens is 323 g/mol. The van der Waals surface area contributed by atoms with Crippen molar-refractivity contribution >= 4 is 44.8 Å². The highest BCUT2D eigenvalue weighted by atomic mass is 35.5. The number of hydrogen-bond donors (Lipinski definition) is 1. The number of H-pyrrole nitrogens is 1. The summed E-state index contributed by atoms with van der Waals surface area (Å²) >= 11 is 13.2. The first kappa shape index (κ1) is 13.3. The van der Waals surface area contributed by atoms with Gasteiger partial charge in [0.15, 0.2) is 5.82 Å². The maximum Gasteiger partial charge on any atom is 0.328 e. The van der Waals surface area contributed by atoms with Crippen LogP contribution in [0.5, 0.6) is 0 Å². The van der Waals surface area contributed by atoms with Crippen molar-refractivity contribution in [2.24, 2.45) is 0 Å². The summed E-state index contributed by atoms with van der Waals surface area (Å²) in [5, 5.41) is 2.88. The Morgan fingerprint density at radius 2 is 2.10 bits per heavy atom. The van der Waals surface area contributed by atoms with Gasteiger partial charge >= 0.3 is 5.69 Å². The van der Waals surface area contributed by atoms with Gasteiger partial charge in [0, 0.05) is 11.6 Å². The first-order valence-corrected chi connectivity index (χ1v) is 7.07. The number of rotatable bonds is 2. The summed E-state index contributed by atoms with van der Waals surface area (Å²) in [6.45, 7) is 0.0723. The molecule has 1 N–H and O–H groups in total. The molecule has 3 rings (SSSR count). The average molecular weight is 329 g/mol. The largest absolute Gasteiger partial charge is 0.328 e. The van der Waals surface area contributed by atoms with Gasteiger partial charge in [0.2, 0.25) is 0 Å². The number of hydrogen-bond acceptors (Lipinski definition) is 5. The predicted octanol–water partition coefficient (Wildman–Crippen LogP) is 1.90. The quantitative estimate of drug-likeness (QED) is 0.728. The molecule has 3 aromatic rings. The molecule has 0 aromatic carbocycles. The molecule has 0 amide bonds. The van der Waals surface area contributed by atoms with Gasteiger partial charge in [-0.3, -0.25) is 14.3 Å². The summed E-state index contributed by atoms with van der Waals surface area (Å²) in [7, 11) is 0. The maximum atomic E-state index is 11.7. The Balaban J connectivity index is 2.07. The highest BCUT2D eigenvalue weighted by molar-refractivity contribution is 7.16. The fourth-order valence-corrected chi connectivity index (χ4v) is 2.94. The van der Waals surface area contributed by atoms with Crippen LogP contribution in [-0.2, 0) is 6.54 Å². The van der Waals surface area contributed by atoms with E-state index in [0.717, 1.165) is 10.2 Å². The smallest absolute Gasteiger partial charge is 0.291 e. The summed E-state index contributed by atoms with van der Waals surface area (Å²) < 4.78 is 1.22. The van der Waals surface area contributed by atoms with Gasteiger partial charge in [0.25, 0.3) is 5.56 Å². The molecule has 0 aliphatic carbocycles. The monoisotopic (exact) mass is 328 g/mol. The molecule has 0 aliphatic heterocycles. The first-order chi connectivity index (χ1) is 9.54. The predicted molar refractivity (Wildman–Crippen MR) is 77.9 cm³/mol. The topological polar surface area (TPSA) is 80.6 Å². The first-order valence-electron chi connectivity index (χ1n) is 5.43. The van der Waals surface area contributed by atoms with Crippen LogP contribution in [0.4, 0.5) is 0 Å². The number of nitrogens with zero attached hydrogens (tertiary/aromatic N) is 3. The summed E-state index contributed by atoms with van der Waals surface area (Å²) in [6, 6.07) is 1.83. The number of thiophene rings is 1. The number of aromatic amines is 1. The number of nitrogens with one attached hydrogen (secondary N) is 1. The van der Waals surface area contributed by atoms with E-state index < -0.39 is 11.2 Å². The molecule has 0 unspecified atom stereocenters. The molecule has 0 bridgehead atoms. The van der Waals surface area contributed by atoms with Gasteiger partial charge in [-0.2, -0.15) is 0 Å². The Hall–Kier alpha value is -1.70. The Morgan fingerprint density at radius 3 is 2.90 bits per heavy atom. The number of fused-ring (bicyclic) bond motifs is 1. The van der Waals surface area contributed by atoms with Crippen molar-refractivity contribution in [3.8, 4) is 0 Å². The molecule has 102 valence electrons. The van der Waals surface area contributed by atoms with Crippen LogP contribution in [0.2, 0.25) is 10.2 Å². The number of aromatic nitrogens is 4. The van der Waals surface area contributed by atoms with Gasteiger partial charge in [-0.1, -0.05) is 23.2 Å². The lowest BCUT2D eigenvalue weighted by Gasteiger charge is -2.05. The van der Waals surface area contributed by atoms with Gasteiger partial charge in [-0.25, -0.2) is 14.8 Å². The minimum absolute atomic E-state index is 0.0723. The zero-order chi connectivity index (χ0) is 14.3. The van der Waals surface area contributed by atoms with Gasteiger partial charge in [-0.05, 0) is 11.4 Å². The van der Waals surface area contributed by atoms with E-state index in [1.165, 1.54) is 22.1 Å². The van der Waals surface area contributed by atoms with E-state index in [2.05, 4.69) is 15.0 Å². The zero-order valence-electron chi connectivity index (χ0n) is 9.76. The normalized spacial score (nSPS) is 11.1. The molecule has 0 atom stereocenters. The highest BCUT2D eigenvalue weighted by Gasteiger charge is 2.09. The van der Waals surface area contributed by atoms with Crippen LogP contribution in [0, 0.1) is 0 Å². The molecular formula is C11H6Cl2N4O2S. The van der Waals surface area contributed by atoms with Crippen LogP contribution >= 0.6 is 34.5 Å². The van der Waals surface area contributed by atoms with Gasteiger partial charge in [0.1, 0.15) is 15.0 Å². The van der Waals surface area contributed by atoms with E-state index in [0.29, 0.717) is 11.0 Å². The van der Waals surface area contributed by atoms with Crippen LogP contribution in [0.25, 0.3) is 10.2 Å². The third kappa shape index (κ3) is 2.35. The summed E-state index contributed by atoms with van der Waals surface area (Å²) in [4.78, 5) is 34.1. The molecule has 0 saturated heterocycles. The van der Waals surface area contributed by atoms with Crippen LogP contribution in [0.3, 0.4) is 0 Å². The van der Waals surface area contributed by atoms with E-state index in [-0.39, 0.29) is 11.6 Å². The Morgan fingerprint density at radius 1 is 1.30 bits per heavy atom. The van der Waals surface area contributed by atoms with Crippen molar-refractivity contribution in [1.29, 1.82) is 0 Å². The second kappa shape index (κ2) is 5.01. The van der Waals surface area contributed by atoms with E-state index in [1.54, 1.807) is 0 Å². The maximum absolute atomic E-state index is 11.7. The molecule has 0 spiro atoms. The molecule has 20 heavy (non-hydrogen) atoms. The molecule has 3 heterocycles. The third-order valence-corrected chi connectivity index (χ3v) is 3.97. The molecule has 0 radical (unpaired) electrons. The fraction of sp³-hybridized carbons (Fsp3) is 0.0909. The Kier molecular flexibility index (Phi) is 3.33. The van der Waals surface area contributed by atoms with Crippen LogP contribution in [-0.4, -0.2) is 19.5 Å². The lowest BCUT2D eigenvalue weighted by molar-refractivity contribution is 0.689. The lowest BCUT2D eigenvalue weighted by atomic mass is 10.4. The zero-order valence-corrected chi connectivity index (χ0v) is 12.1. The van der Waals surface area contributed by atoms with Gasteiger partial charge in [0.05, 0.1) is 6.54 Å². The minimum atomic E-state index is -0.624. The standard InChI is InChI=1S/C11H6Cl2N4O2S/c12-6-3-17(11(19)16-9(6)18)4-7-14-8(13)5-1-2-20-10(5)15-7/h1-3H,4H2,(H,16,18,19). The van der Waals surface area contributed by atoms with Crippen LogP contribution < -0.4 is 11.2 Å². The fourth-order valence-electron chi connectivity index (χ4n) is 1.68. The van der Waals surface area contributed by atoms with E-state index in [9.17, 15) is 9.59 Å². The molecule has 9 heteroatoms. The van der Waals surface area contributed by atoms with Crippen molar-refractivity contribution < 1.29 is 0 Å². The van der Waals surface area contributed by atoms with Gasteiger partial charge < -0.3 is 0 Å². The third-order valence-electron chi connectivity index (χ3n) is 2.60. The Bertz CT molecular complexity index is 915. The summed E-state index contributed by atoms with van der Waals surface area (Å²) in [5.74, 6) is 0.371. The molecule has 6 nitrogen and oxygen atoms in total. The molecule has 3 aromatic heterocycles. The van der Waals surface area contributed by atoms with E-state index >= 15 is 0 Å². The van der Waals surface area contributed by atoms with E-state index in [4.69, 9.17) is 23.2 Å². The molecule has 0 fully saturated rings. The Labute approximate surface area is 125 Å². The van der Waals surface area contributed by atoms with Crippen molar-refractivity contribution in [2.45, 2.75) is 6.54 Å². The van der Waals surface area contributed by atoms with Gasteiger partial charge in [-0.15, -0.1) is 11.3 Å². The average Bonchev–Trinajstić information content (AvgIpc) is 2.85. The molecule has 0 aliphatic rings. The number of halogens is 2. The van der Waals surface area contributed by atoms with Crippen molar-refractivity contribution in [1.82, 2.24) is 19.5 Å². The lowest BCUT2D eigenvalue weighted by Crippen LogP contribution is -2.30. The minimum Gasteiger partial charge on any atom is -0.291 e. The van der Waals surface area contributed by atoms with Crippen LogP contribution in [0.15, 0.2) is 27.2 Å². The summed E-state index contributed by atoms with van der Waals surface area (Å²) in [6.07, 6.45) is 1.25. The van der Waals surface area contributed by atoms with Crippen molar-refractivity contribution in [2.75, 3.05) is 0 Å². The van der Waals surface area contributed by atoms with Crippen molar-refractivity contribution in [3.05, 3.63) is 54.5 Å². The molecule has 0 saturated carbocycles. The SMILES string of the molecule is O=c1[nH]c(=O)n(Cc2nc(Cl)c3ccsc3n2)cc1Cl. The summed E-state index contributed by atoms with van der Waals surface area (Å²) in [5.41, 5.74) is -1.20. The highest BCUT2D eigenvalue weighted by Crippen LogP contribution is 2.24. The van der Waals surface area contributed by atoms with Crippen molar-refractivity contribution in [3.63, 3.8) is 0 Å². The van der Waals surface area contributed by atoms with E-state index in [1.807, 2.05) is 11.4 Å².